The Bertz CT molecular complexity index is 1020. The standard InChI is InChI=1S/C22H21ClN2O3S/c1-14-24-19-10-11-25(22(26)15-4-3-5-16(23)12-15)20(21(19)29-14)13-28-18-8-6-17(27-2)7-9-18/h3-9,12,20H,10-11,13H2,1-2H3. The molecule has 0 N–H and O–H groups in total. The van der Waals surface area contributed by atoms with Gasteiger partial charge in [-0.2, -0.15) is 0 Å². The Morgan fingerprint density at radius 2 is 2.00 bits per heavy atom. The van der Waals surface area contributed by atoms with E-state index in [-0.39, 0.29) is 11.9 Å². The first-order valence-electron chi connectivity index (χ1n) is 9.34. The van der Waals surface area contributed by atoms with E-state index in [1.54, 1.807) is 42.7 Å². The van der Waals surface area contributed by atoms with Crippen molar-refractivity contribution < 1.29 is 14.3 Å². The van der Waals surface area contributed by atoms with Gasteiger partial charge in [0.25, 0.3) is 5.91 Å². The fraction of sp³-hybridized carbons (Fsp3) is 0.273. The Labute approximate surface area is 178 Å². The number of carbonyl (C=O) groups excluding carboxylic acids is 1. The molecule has 7 heteroatoms. The first-order chi connectivity index (χ1) is 14.0. The van der Waals surface area contributed by atoms with Gasteiger partial charge < -0.3 is 14.4 Å². The van der Waals surface area contributed by atoms with Gasteiger partial charge in [-0.15, -0.1) is 11.3 Å². The maximum atomic E-state index is 13.3. The van der Waals surface area contributed by atoms with E-state index in [4.69, 9.17) is 21.1 Å². The summed E-state index contributed by atoms with van der Waals surface area (Å²) in [6.45, 7) is 2.94. The lowest BCUT2D eigenvalue weighted by molar-refractivity contribution is 0.0594. The third-order valence-corrected chi connectivity index (χ3v) is 6.25. The van der Waals surface area contributed by atoms with Gasteiger partial charge in [0, 0.05) is 23.6 Å². The third kappa shape index (κ3) is 4.23. The number of fused-ring (bicyclic) bond motifs is 1. The van der Waals surface area contributed by atoms with Crippen molar-refractivity contribution in [2.45, 2.75) is 19.4 Å². The van der Waals surface area contributed by atoms with Crippen LogP contribution >= 0.6 is 22.9 Å². The van der Waals surface area contributed by atoms with E-state index in [1.807, 2.05) is 36.1 Å². The highest BCUT2D eigenvalue weighted by molar-refractivity contribution is 7.11. The van der Waals surface area contributed by atoms with Crippen LogP contribution in [-0.2, 0) is 6.42 Å². The van der Waals surface area contributed by atoms with E-state index >= 15 is 0 Å². The number of aromatic nitrogens is 1. The summed E-state index contributed by atoms with van der Waals surface area (Å²) in [4.78, 5) is 20.9. The van der Waals surface area contributed by atoms with E-state index < -0.39 is 0 Å². The monoisotopic (exact) mass is 428 g/mol. The highest BCUT2D eigenvalue weighted by Gasteiger charge is 2.34. The average molecular weight is 429 g/mol. The number of carbonyl (C=O) groups is 1. The Morgan fingerprint density at radius 1 is 1.24 bits per heavy atom. The average Bonchev–Trinajstić information content (AvgIpc) is 3.12. The van der Waals surface area contributed by atoms with Crippen molar-refractivity contribution >= 4 is 28.8 Å². The predicted molar refractivity (Wildman–Crippen MR) is 114 cm³/mol. The normalized spacial score (nSPS) is 15.7. The van der Waals surface area contributed by atoms with Gasteiger partial charge in [0.05, 0.1) is 22.7 Å². The number of rotatable bonds is 5. The summed E-state index contributed by atoms with van der Waals surface area (Å²) in [7, 11) is 1.63. The molecule has 0 saturated carbocycles. The van der Waals surface area contributed by atoms with Crippen molar-refractivity contribution in [1.29, 1.82) is 0 Å². The maximum absolute atomic E-state index is 13.3. The van der Waals surface area contributed by atoms with Gasteiger partial charge >= 0.3 is 0 Å². The molecule has 3 aromatic rings. The fourth-order valence-corrected chi connectivity index (χ4v) is 4.75. The Kier molecular flexibility index (Phi) is 5.74. The third-order valence-electron chi connectivity index (χ3n) is 4.90. The van der Waals surface area contributed by atoms with Crippen LogP contribution in [0.1, 0.15) is 32.0 Å². The molecular formula is C22H21ClN2O3S. The maximum Gasteiger partial charge on any atom is 0.254 e. The molecule has 1 unspecified atom stereocenters. The minimum absolute atomic E-state index is 0.0486. The van der Waals surface area contributed by atoms with Crippen LogP contribution in [0.5, 0.6) is 11.5 Å². The smallest absolute Gasteiger partial charge is 0.254 e. The number of benzene rings is 2. The summed E-state index contributed by atoms with van der Waals surface area (Å²) in [5, 5.41) is 1.55. The minimum atomic E-state index is -0.196. The van der Waals surface area contributed by atoms with E-state index in [0.29, 0.717) is 23.7 Å². The largest absolute Gasteiger partial charge is 0.497 e. The molecule has 29 heavy (non-hydrogen) atoms. The molecule has 1 aliphatic rings. The second kappa shape index (κ2) is 8.43. The van der Waals surface area contributed by atoms with Crippen LogP contribution in [0.25, 0.3) is 0 Å². The number of methoxy groups -OCH3 is 1. The van der Waals surface area contributed by atoms with E-state index in [1.165, 1.54) is 0 Å². The van der Waals surface area contributed by atoms with Crippen LogP contribution in [0.15, 0.2) is 48.5 Å². The molecule has 2 aromatic carbocycles. The number of aryl methyl sites for hydroxylation is 1. The molecule has 4 rings (SSSR count). The highest BCUT2D eigenvalue weighted by Crippen LogP contribution is 2.36. The SMILES string of the molecule is COc1ccc(OCC2c3sc(C)nc3CCN2C(=O)c2cccc(Cl)c2)cc1. The summed E-state index contributed by atoms with van der Waals surface area (Å²) in [6.07, 6.45) is 0.741. The molecule has 150 valence electrons. The first kappa shape index (κ1) is 19.7. The first-order valence-corrected chi connectivity index (χ1v) is 10.5. The molecule has 2 heterocycles. The summed E-state index contributed by atoms with van der Waals surface area (Å²) >= 11 is 7.73. The zero-order chi connectivity index (χ0) is 20.4. The van der Waals surface area contributed by atoms with Crippen molar-refractivity contribution in [3.05, 3.63) is 74.7 Å². The van der Waals surface area contributed by atoms with Gasteiger partial charge in [0.15, 0.2) is 0 Å². The number of halogens is 1. The van der Waals surface area contributed by atoms with Crippen molar-refractivity contribution in [3.63, 3.8) is 0 Å². The summed E-state index contributed by atoms with van der Waals surface area (Å²) in [5.41, 5.74) is 1.64. The number of amides is 1. The summed E-state index contributed by atoms with van der Waals surface area (Å²) < 4.78 is 11.2. The Balaban J connectivity index is 1.60. The van der Waals surface area contributed by atoms with Crippen molar-refractivity contribution in [3.8, 4) is 11.5 Å². The number of thiazole rings is 1. The van der Waals surface area contributed by atoms with Gasteiger partial charge in [-0.1, -0.05) is 17.7 Å². The molecular weight excluding hydrogens is 408 g/mol. The van der Waals surface area contributed by atoms with E-state index in [9.17, 15) is 4.79 Å². The lowest BCUT2D eigenvalue weighted by Crippen LogP contribution is -2.42. The zero-order valence-electron chi connectivity index (χ0n) is 16.2. The minimum Gasteiger partial charge on any atom is -0.497 e. The van der Waals surface area contributed by atoms with Crippen molar-refractivity contribution in [2.24, 2.45) is 0 Å². The molecule has 0 radical (unpaired) electrons. The van der Waals surface area contributed by atoms with Gasteiger partial charge in [-0.3, -0.25) is 4.79 Å². The molecule has 5 nitrogen and oxygen atoms in total. The zero-order valence-corrected chi connectivity index (χ0v) is 17.8. The van der Waals surface area contributed by atoms with Crippen molar-refractivity contribution in [1.82, 2.24) is 9.88 Å². The lowest BCUT2D eigenvalue weighted by Gasteiger charge is -2.35. The Hall–Kier alpha value is -2.57. The second-order valence-electron chi connectivity index (χ2n) is 6.81. The molecule has 1 aromatic heterocycles. The molecule has 0 saturated heterocycles. The molecule has 1 atom stereocenters. The Morgan fingerprint density at radius 3 is 2.72 bits per heavy atom. The summed E-state index contributed by atoms with van der Waals surface area (Å²) in [5.74, 6) is 1.45. The van der Waals surface area contributed by atoms with Crippen LogP contribution in [0.4, 0.5) is 0 Å². The van der Waals surface area contributed by atoms with Crippen LogP contribution in [0, 0.1) is 6.92 Å². The number of hydrogen-bond acceptors (Lipinski definition) is 5. The van der Waals surface area contributed by atoms with E-state index in [0.717, 1.165) is 33.5 Å². The van der Waals surface area contributed by atoms with Crippen LogP contribution in [-0.4, -0.2) is 36.1 Å². The second-order valence-corrected chi connectivity index (χ2v) is 8.48. The number of ether oxygens (including phenoxy) is 2. The number of hydrogen-bond donors (Lipinski definition) is 0. The van der Waals surface area contributed by atoms with Crippen LogP contribution in [0.2, 0.25) is 5.02 Å². The van der Waals surface area contributed by atoms with Crippen molar-refractivity contribution in [2.75, 3.05) is 20.3 Å². The van der Waals surface area contributed by atoms with E-state index in [2.05, 4.69) is 4.98 Å². The summed E-state index contributed by atoms with van der Waals surface area (Å²) in [6, 6.07) is 14.3. The molecule has 1 aliphatic heterocycles. The predicted octanol–water partition coefficient (Wildman–Crippen LogP) is 4.93. The molecule has 0 aliphatic carbocycles. The molecule has 1 amide bonds. The van der Waals surface area contributed by atoms with Gasteiger partial charge in [-0.25, -0.2) is 4.98 Å². The highest BCUT2D eigenvalue weighted by atomic mass is 35.5. The molecule has 0 bridgehead atoms. The number of nitrogens with zero attached hydrogens (tertiary/aromatic N) is 2. The van der Waals surface area contributed by atoms with Gasteiger partial charge in [-0.05, 0) is 49.4 Å². The van der Waals surface area contributed by atoms with Crippen LogP contribution < -0.4 is 9.47 Å². The van der Waals surface area contributed by atoms with Gasteiger partial charge in [0.1, 0.15) is 24.1 Å². The van der Waals surface area contributed by atoms with Crippen LogP contribution in [0.3, 0.4) is 0 Å². The molecule has 0 fully saturated rings. The quantitative estimate of drug-likeness (QED) is 0.578. The lowest BCUT2D eigenvalue weighted by atomic mass is 10.0. The topological polar surface area (TPSA) is 51.7 Å². The van der Waals surface area contributed by atoms with Gasteiger partial charge in [0.2, 0.25) is 0 Å². The fourth-order valence-electron chi connectivity index (χ4n) is 3.49. The molecule has 0 spiro atoms.